The molecular formula is C12H21N5O. The molecule has 0 spiro atoms. The molecule has 0 bridgehead atoms. The van der Waals surface area contributed by atoms with Crippen molar-refractivity contribution in [2.24, 2.45) is 11.7 Å². The van der Waals surface area contributed by atoms with Crippen LogP contribution in [0.15, 0.2) is 6.20 Å². The van der Waals surface area contributed by atoms with Gasteiger partial charge in [0.2, 0.25) is 5.91 Å². The van der Waals surface area contributed by atoms with E-state index in [1.165, 1.54) is 23.9 Å². The third kappa shape index (κ3) is 3.29. The lowest BCUT2D eigenvalue weighted by molar-refractivity contribution is -0.123. The highest BCUT2D eigenvalue weighted by Gasteiger charge is 2.22. The van der Waals surface area contributed by atoms with Crippen LogP contribution >= 0.6 is 0 Å². The molecule has 0 aromatic carbocycles. The standard InChI is InChI=1S/C12H21N5O/c1-9-4-2-3-5-11(9)14-12(18)8-17-7-10(6-13)15-16-17/h7,9,11H,2-6,8,13H2,1H3,(H,14,18). The number of nitrogens with one attached hydrogen (secondary N) is 1. The van der Waals surface area contributed by atoms with Crippen LogP contribution < -0.4 is 11.1 Å². The second kappa shape index (κ2) is 5.95. The summed E-state index contributed by atoms with van der Waals surface area (Å²) in [5, 5.41) is 10.8. The molecular weight excluding hydrogens is 230 g/mol. The highest BCUT2D eigenvalue weighted by molar-refractivity contribution is 5.75. The Kier molecular flexibility index (Phi) is 4.30. The molecule has 6 heteroatoms. The van der Waals surface area contributed by atoms with E-state index in [0.29, 0.717) is 24.2 Å². The molecule has 1 fully saturated rings. The van der Waals surface area contributed by atoms with Crippen molar-refractivity contribution in [2.75, 3.05) is 0 Å². The van der Waals surface area contributed by atoms with Crippen LogP contribution in [0.3, 0.4) is 0 Å². The minimum Gasteiger partial charge on any atom is -0.351 e. The van der Waals surface area contributed by atoms with E-state index >= 15 is 0 Å². The Balaban J connectivity index is 1.84. The Hall–Kier alpha value is -1.43. The first-order valence-electron chi connectivity index (χ1n) is 6.57. The third-order valence-corrected chi connectivity index (χ3v) is 3.56. The van der Waals surface area contributed by atoms with Crippen LogP contribution in [0.1, 0.15) is 38.3 Å². The summed E-state index contributed by atoms with van der Waals surface area (Å²) in [4.78, 5) is 11.9. The minimum atomic E-state index is 0.00206. The molecule has 0 radical (unpaired) electrons. The zero-order valence-corrected chi connectivity index (χ0v) is 10.8. The Bertz CT molecular complexity index is 403. The van der Waals surface area contributed by atoms with Gasteiger partial charge in [-0.15, -0.1) is 5.10 Å². The molecule has 0 aliphatic heterocycles. The quantitative estimate of drug-likeness (QED) is 0.812. The molecule has 1 aromatic rings. The Morgan fingerprint density at radius 1 is 1.56 bits per heavy atom. The van der Waals surface area contributed by atoms with Gasteiger partial charge in [-0.25, -0.2) is 4.68 Å². The van der Waals surface area contributed by atoms with E-state index in [2.05, 4.69) is 22.6 Å². The largest absolute Gasteiger partial charge is 0.351 e. The SMILES string of the molecule is CC1CCCCC1NC(=O)Cn1cc(CN)nn1. The maximum absolute atomic E-state index is 11.9. The van der Waals surface area contributed by atoms with Gasteiger partial charge < -0.3 is 11.1 Å². The minimum absolute atomic E-state index is 0.00206. The number of nitrogens with zero attached hydrogens (tertiary/aromatic N) is 3. The van der Waals surface area contributed by atoms with Crippen molar-refractivity contribution < 1.29 is 4.79 Å². The number of rotatable bonds is 4. The van der Waals surface area contributed by atoms with Crippen LogP contribution in [-0.4, -0.2) is 26.9 Å². The van der Waals surface area contributed by atoms with E-state index in [1.54, 1.807) is 6.20 Å². The lowest BCUT2D eigenvalue weighted by Crippen LogP contribution is -2.42. The smallest absolute Gasteiger partial charge is 0.242 e. The molecule has 0 saturated heterocycles. The molecule has 100 valence electrons. The summed E-state index contributed by atoms with van der Waals surface area (Å²) in [6, 6.07) is 0.309. The first-order valence-corrected chi connectivity index (χ1v) is 6.57. The van der Waals surface area contributed by atoms with E-state index in [4.69, 9.17) is 5.73 Å². The van der Waals surface area contributed by atoms with Gasteiger partial charge in [0.25, 0.3) is 0 Å². The van der Waals surface area contributed by atoms with Gasteiger partial charge in [-0.1, -0.05) is 25.0 Å². The Morgan fingerprint density at radius 3 is 3.00 bits per heavy atom. The summed E-state index contributed by atoms with van der Waals surface area (Å²) in [6.45, 7) is 2.77. The Labute approximate surface area is 107 Å². The molecule has 1 aliphatic rings. The van der Waals surface area contributed by atoms with Crippen LogP contribution in [0.25, 0.3) is 0 Å². The van der Waals surface area contributed by atoms with E-state index in [9.17, 15) is 4.79 Å². The molecule has 2 unspecified atom stereocenters. The average Bonchev–Trinajstić information content (AvgIpc) is 2.80. The monoisotopic (exact) mass is 251 g/mol. The number of nitrogens with two attached hydrogens (primary N) is 1. The fourth-order valence-electron chi connectivity index (χ4n) is 2.44. The number of carbonyl (C=O) groups is 1. The zero-order chi connectivity index (χ0) is 13.0. The van der Waals surface area contributed by atoms with Crippen molar-refractivity contribution in [1.82, 2.24) is 20.3 Å². The Morgan fingerprint density at radius 2 is 2.33 bits per heavy atom. The molecule has 1 heterocycles. The molecule has 1 aliphatic carbocycles. The van der Waals surface area contributed by atoms with Gasteiger partial charge in [0.05, 0.1) is 11.9 Å². The summed E-state index contributed by atoms with van der Waals surface area (Å²) >= 11 is 0. The summed E-state index contributed by atoms with van der Waals surface area (Å²) in [7, 11) is 0. The van der Waals surface area contributed by atoms with Crippen LogP contribution in [0, 0.1) is 5.92 Å². The fourth-order valence-corrected chi connectivity index (χ4v) is 2.44. The highest BCUT2D eigenvalue weighted by atomic mass is 16.2. The number of aromatic nitrogens is 3. The summed E-state index contributed by atoms with van der Waals surface area (Å²) < 4.78 is 1.53. The van der Waals surface area contributed by atoms with Crippen molar-refractivity contribution >= 4 is 5.91 Å². The molecule has 1 amide bonds. The second-order valence-electron chi connectivity index (χ2n) is 5.05. The average molecular weight is 251 g/mol. The third-order valence-electron chi connectivity index (χ3n) is 3.56. The van der Waals surface area contributed by atoms with Crippen molar-refractivity contribution in [3.63, 3.8) is 0 Å². The van der Waals surface area contributed by atoms with Gasteiger partial charge in [-0.3, -0.25) is 4.79 Å². The molecule has 1 aromatic heterocycles. The zero-order valence-electron chi connectivity index (χ0n) is 10.8. The van der Waals surface area contributed by atoms with Gasteiger partial charge in [-0.2, -0.15) is 0 Å². The molecule has 3 N–H and O–H groups in total. The predicted octanol–water partition coefficient (Wildman–Crippen LogP) is 0.432. The topological polar surface area (TPSA) is 85.8 Å². The molecule has 6 nitrogen and oxygen atoms in total. The van der Waals surface area contributed by atoms with Crippen LogP contribution in [0.2, 0.25) is 0 Å². The first kappa shape index (κ1) is 13.0. The van der Waals surface area contributed by atoms with Crippen LogP contribution in [-0.2, 0) is 17.9 Å². The number of amides is 1. The number of hydrogen-bond acceptors (Lipinski definition) is 4. The summed E-state index contributed by atoms with van der Waals surface area (Å²) in [5.41, 5.74) is 6.15. The second-order valence-corrected chi connectivity index (χ2v) is 5.05. The summed E-state index contributed by atoms with van der Waals surface area (Å²) in [6.07, 6.45) is 6.47. The molecule has 18 heavy (non-hydrogen) atoms. The van der Waals surface area contributed by atoms with Crippen molar-refractivity contribution in [3.05, 3.63) is 11.9 Å². The lowest BCUT2D eigenvalue weighted by Gasteiger charge is -2.29. The maximum Gasteiger partial charge on any atom is 0.242 e. The van der Waals surface area contributed by atoms with Crippen LogP contribution in [0.4, 0.5) is 0 Å². The van der Waals surface area contributed by atoms with Crippen molar-refractivity contribution in [3.8, 4) is 0 Å². The number of hydrogen-bond donors (Lipinski definition) is 2. The highest BCUT2D eigenvalue weighted by Crippen LogP contribution is 2.23. The van der Waals surface area contributed by atoms with E-state index < -0.39 is 0 Å². The van der Waals surface area contributed by atoms with E-state index in [-0.39, 0.29) is 12.5 Å². The van der Waals surface area contributed by atoms with E-state index in [1.807, 2.05) is 0 Å². The number of carbonyl (C=O) groups excluding carboxylic acids is 1. The molecule has 2 atom stereocenters. The van der Waals surface area contributed by atoms with E-state index in [0.717, 1.165) is 6.42 Å². The van der Waals surface area contributed by atoms with Crippen molar-refractivity contribution in [2.45, 2.75) is 51.7 Å². The fraction of sp³-hybridized carbons (Fsp3) is 0.750. The normalized spacial score (nSPS) is 23.9. The van der Waals surface area contributed by atoms with Gasteiger partial charge in [0.15, 0.2) is 0 Å². The van der Waals surface area contributed by atoms with Gasteiger partial charge in [-0.05, 0) is 18.8 Å². The van der Waals surface area contributed by atoms with Crippen molar-refractivity contribution in [1.29, 1.82) is 0 Å². The maximum atomic E-state index is 11.9. The summed E-state index contributed by atoms with van der Waals surface area (Å²) in [5.74, 6) is 0.570. The van der Waals surface area contributed by atoms with Gasteiger partial charge in [0.1, 0.15) is 6.54 Å². The van der Waals surface area contributed by atoms with Crippen LogP contribution in [0.5, 0.6) is 0 Å². The van der Waals surface area contributed by atoms with Gasteiger partial charge >= 0.3 is 0 Å². The molecule has 2 rings (SSSR count). The molecule has 1 saturated carbocycles. The lowest BCUT2D eigenvalue weighted by atomic mass is 9.86. The van der Waals surface area contributed by atoms with Gasteiger partial charge in [0, 0.05) is 12.6 Å². The first-order chi connectivity index (χ1) is 8.69. The predicted molar refractivity (Wildman–Crippen MR) is 67.5 cm³/mol.